The van der Waals surface area contributed by atoms with Gasteiger partial charge in [-0.1, -0.05) is 0 Å². The lowest BCUT2D eigenvalue weighted by Gasteiger charge is -2.59. The summed E-state index contributed by atoms with van der Waals surface area (Å²) in [4.78, 5) is 20.4. The van der Waals surface area contributed by atoms with Crippen molar-refractivity contribution in [1.82, 2.24) is 4.98 Å². The van der Waals surface area contributed by atoms with Gasteiger partial charge in [0.15, 0.2) is 0 Å². The van der Waals surface area contributed by atoms with Gasteiger partial charge in [0, 0.05) is 32.0 Å². The molecule has 4 saturated carbocycles. The highest BCUT2D eigenvalue weighted by Gasteiger charge is 2.55. The summed E-state index contributed by atoms with van der Waals surface area (Å²) < 4.78 is 5.93. The number of carbonyl (C=O) groups is 1. The van der Waals surface area contributed by atoms with Crippen LogP contribution in [-0.4, -0.2) is 41.0 Å². The van der Waals surface area contributed by atoms with Gasteiger partial charge >= 0.3 is 5.97 Å². The molecule has 1 aliphatic heterocycles. The van der Waals surface area contributed by atoms with Crippen molar-refractivity contribution < 1.29 is 14.6 Å². The van der Waals surface area contributed by atoms with Gasteiger partial charge in [0.2, 0.25) is 0 Å². The maximum absolute atomic E-state index is 11.7. The fourth-order valence-corrected chi connectivity index (χ4v) is 5.96. The van der Waals surface area contributed by atoms with Crippen molar-refractivity contribution in [2.24, 2.45) is 22.7 Å². The molecule has 2 heterocycles. The topological polar surface area (TPSA) is 83.8 Å². The molecule has 0 radical (unpaired) electrons. The minimum atomic E-state index is -0.947. The molecule has 5 atom stereocenters. The highest BCUT2D eigenvalue weighted by molar-refractivity contribution is 5.99. The van der Waals surface area contributed by atoms with E-state index in [-0.39, 0.29) is 11.2 Å². The average molecular weight is 341 g/mol. The molecule has 0 aromatic carbocycles. The number of pyridine rings is 1. The maximum atomic E-state index is 11.7. The first-order chi connectivity index (χ1) is 12.1. The summed E-state index contributed by atoms with van der Waals surface area (Å²) in [5.41, 5.74) is 2.53. The summed E-state index contributed by atoms with van der Waals surface area (Å²) in [5, 5.41) is 13.2. The van der Waals surface area contributed by atoms with Crippen LogP contribution in [0, 0.1) is 17.8 Å². The number of rotatable bonds is 4. The first-order valence-electron chi connectivity index (χ1n) is 9.18. The first-order valence-corrected chi connectivity index (χ1v) is 9.18. The zero-order valence-corrected chi connectivity index (χ0v) is 14.4. The van der Waals surface area contributed by atoms with Crippen molar-refractivity contribution in [1.29, 1.82) is 0 Å². The number of aromatic nitrogens is 1. The zero-order valence-electron chi connectivity index (χ0n) is 14.4. The van der Waals surface area contributed by atoms with Gasteiger partial charge in [-0.05, 0) is 49.9 Å². The molecule has 132 valence electrons. The van der Waals surface area contributed by atoms with Crippen LogP contribution in [-0.2, 0) is 11.2 Å². The van der Waals surface area contributed by atoms with Gasteiger partial charge in [0.05, 0.1) is 17.0 Å². The fraction of sp³-hybridized carbons (Fsp3) is 0.632. The normalized spacial score (nSPS) is 37.3. The third-order valence-corrected chi connectivity index (χ3v) is 6.83. The third-order valence-electron chi connectivity index (χ3n) is 6.83. The van der Waals surface area contributed by atoms with Gasteiger partial charge < -0.3 is 15.2 Å². The van der Waals surface area contributed by atoms with Crippen LogP contribution in [0.15, 0.2) is 11.2 Å². The summed E-state index contributed by atoms with van der Waals surface area (Å²) in [6.45, 7) is 0. The second-order valence-corrected chi connectivity index (χ2v) is 8.19. The minimum Gasteiger partial charge on any atom is -0.478 e. The Kier molecular flexibility index (Phi) is 3.23. The van der Waals surface area contributed by atoms with Crippen LogP contribution in [0.1, 0.15) is 48.2 Å². The largest absolute Gasteiger partial charge is 0.478 e. The smallest absolute Gasteiger partial charge is 0.339 e. The third kappa shape index (κ3) is 2.23. The molecule has 25 heavy (non-hydrogen) atoms. The van der Waals surface area contributed by atoms with E-state index in [0.717, 1.165) is 30.1 Å². The number of aromatic carboxylic acids is 1. The zero-order chi connectivity index (χ0) is 17.2. The SMILES string of the molecule is COC12CC3C[C@H](C1)C(Nc1c(C(=O)O)cnc4c1N=CC4)[C@@H](C3)C2. The van der Waals surface area contributed by atoms with E-state index in [9.17, 15) is 9.90 Å². The van der Waals surface area contributed by atoms with Gasteiger partial charge in [-0.3, -0.25) is 9.98 Å². The quantitative estimate of drug-likeness (QED) is 0.879. The Morgan fingerprint density at radius 1 is 1.32 bits per heavy atom. The summed E-state index contributed by atoms with van der Waals surface area (Å²) in [7, 11) is 1.85. The van der Waals surface area contributed by atoms with E-state index in [1.165, 1.54) is 25.5 Å². The van der Waals surface area contributed by atoms with Crippen molar-refractivity contribution in [2.45, 2.75) is 50.2 Å². The number of nitrogens with one attached hydrogen (secondary N) is 1. The number of methoxy groups -OCH3 is 1. The lowest BCUT2D eigenvalue weighted by Crippen LogP contribution is -2.59. The molecule has 5 aliphatic rings. The second-order valence-electron chi connectivity index (χ2n) is 8.19. The fourth-order valence-electron chi connectivity index (χ4n) is 5.96. The van der Waals surface area contributed by atoms with E-state index in [1.807, 2.05) is 13.3 Å². The van der Waals surface area contributed by atoms with E-state index < -0.39 is 5.97 Å². The van der Waals surface area contributed by atoms with Crippen molar-refractivity contribution >= 4 is 23.6 Å². The molecule has 1 aromatic heterocycles. The Hall–Kier alpha value is -1.95. The van der Waals surface area contributed by atoms with E-state index in [1.54, 1.807) is 0 Å². The number of aliphatic imine (C=N–C) groups is 1. The maximum Gasteiger partial charge on any atom is 0.339 e. The van der Waals surface area contributed by atoms with Crippen molar-refractivity contribution in [2.75, 3.05) is 12.4 Å². The molecular formula is C19H23N3O3. The Morgan fingerprint density at radius 3 is 2.76 bits per heavy atom. The highest BCUT2D eigenvalue weighted by atomic mass is 16.5. The predicted molar refractivity (Wildman–Crippen MR) is 93.8 cm³/mol. The predicted octanol–water partition coefficient (Wildman–Crippen LogP) is 3.04. The van der Waals surface area contributed by atoms with Crippen LogP contribution in [0.2, 0.25) is 0 Å². The average Bonchev–Trinajstić information content (AvgIpc) is 3.06. The molecule has 0 saturated heterocycles. The Bertz CT molecular complexity index is 759. The number of anilines is 1. The van der Waals surface area contributed by atoms with Gasteiger partial charge in [-0.2, -0.15) is 0 Å². The van der Waals surface area contributed by atoms with E-state index in [2.05, 4.69) is 15.3 Å². The molecular weight excluding hydrogens is 318 g/mol. The van der Waals surface area contributed by atoms with Crippen molar-refractivity contribution in [3.63, 3.8) is 0 Å². The van der Waals surface area contributed by atoms with Crippen LogP contribution in [0.25, 0.3) is 0 Å². The lowest BCUT2D eigenvalue weighted by molar-refractivity contribution is -0.149. The number of carboxylic acid groups (broad SMARTS) is 1. The Labute approximate surface area is 146 Å². The summed E-state index contributed by atoms with van der Waals surface area (Å²) in [6.07, 6.45) is 9.75. The number of carboxylic acids is 1. The van der Waals surface area contributed by atoms with Crippen molar-refractivity contribution in [3.8, 4) is 0 Å². The molecule has 4 aliphatic carbocycles. The number of ether oxygens (including phenoxy) is 1. The Balaban J connectivity index is 1.50. The lowest BCUT2D eigenvalue weighted by atomic mass is 9.52. The van der Waals surface area contributed by atoms with Gasteiger partial charge in [0.25, 0.3) is 0 Å². The molecule has 1 aromatic rings. The molecule has 2 N–H and O–H groups in total. The molecule has 3 unspecified atom stereocenters. The Morgan fingerprint density at radius 2 is 2.08 bits per heavy atom. The highest BCUT2D eigenvalue weighted by Crippen LogP contribution is 2.58. The van der Waals surface area contributed by atoms with Crippen LogP contribution in [0.3, 0.4) is 0 Å². The van der Waals surface area contributed by atoms with Gasteiger partial charge in [-0.15, -0.1) is 0 Å². The van der Waals surface area contributed by atoms with Crippen LogP contribution < -0.4 is 5.32 Å². The van der Waals surface area contributed by atoms with Gasteiger partial charge in [-0.25, -0.2) is 4.79 Å². The number of hydrogen-bond donors (Lipinski definition) is 2. The minimum absolute atomic E-state index is 0.0582. The molecule has 4 bridgehead atoms. The van der Waals surface area contributed by atoms with Crippen LogP contribution in [0.4, 0.5) is 11.4 Å². The molecule has 4 fully saturated rings. The number of hydrogen-bond acceptors (Lipinski definition) is 5. The van der Waals surface area contributed by atoms with Crippen LogP contribution >= 0.6 is 0 Å². The molecule has 6 rings (SSSR count). The second kappa shape index (κ2) is 5.27. The molecule has 6 nitrogen and oxygen atoms in total. The monoisotopic (exact) mass is 341 g/mol. The molecule has 0 spiro atoms. The molecule has 6 heteroatoms. The number of nitrogens with zero attached hydrogens (tertiary/aromatic N) is 2. The molecule has 0 amide bonds. The summed E-state index contributed by atoms with van der Waals surface area (Å²) in [5.74, 6) is 0.900. The number of fused-ring (bicyclic) bond motifs is 1. The first kappa shape index (κ1) is 15.3. The van der Waals surface area contributed by atoms with E-state index >= 15 is 0 Å². The van der Waals surface area contributed by atoms with E-state index in [0.29, 0.717) is 30.0 Å². The summed E-state index contributed by atoms with van der Waals surface area (Å²) >= 11 is 0. The van der Waals surface area contributed by atoms with Crippen LogP contribution in [0.5, 0.6) is 0 Å². The van der Waals surface area contributed by atoms with E-state index in [4.69, 9.17) is 4.74 Å². The standard InChI is InChI=1S/C19H23N3O3/c1-25-19-6-10-4-11(7-19)15(12(5-10)8-19)22-16-13(18(23)24)9-21-14-2-3-20-17(14)16/h3,9-12,15H,2,4-8H2,1H3,(H,21,22)(H,23,24)/t10?,11-,12+,15?,19?. The summed E-state index contributed by atoms with van der Waals surface area (Å²) in [6, 6.07) is 0.306. The van der Waals surface area contributed by atoms with Gasteiger partial charge in [0.1, 0.15) is 11.3 Å². The van der Waals surface area contributed by atoms with Crippen molar-refractivity contribution in [3.05, 3.63) is 17.5 Å².